The maximum Gasteiger partial charge on any atom is 0.142 e. The fraction of sp³-hybridized carbons (Fsp3) is 0.500. The summed E-state index contributed by atoms with van der Waals surface area (Å²) < 4.78 is 6.02. The van der Waals surface area contributed by atoms with E-state index < -0.39 is 0 Å². The Bertz CT molecular complexity index is 886. The predicted molar refractivity (Wildman–Crippen MR) is 120 cm³/mol. The second-order valence-electron chi connectivity index (χ2n) is 7.92. The highest BCUT2D eigenvalue weighted by Crippen LogP contribution is 2.40. The molecule has 1 aromatic carbocycles. The number of phenols is 1. The summed E-state index contributed by atoms with van der Waals surface area (Å²) in [5.41, 5.74) is 8.57. The highest BCUT2D eigenvalue weighted by atomic mass is 16.5. The number of hydrogen-bond donors (Lipinski definition) is 3. The van der Waals surface area contributed by atoms with Gasteiger partial charge in [0.25, 0.3) is 0 Å². The lowest BCUT2D eigenvalue weighted by atomic mass is 9.88. The number of nitrogens with zero attached hydrogens (tertiary/aromatic N) is 2. The van der Waals surface area contributed by atoms with Crippen LogP contribution in [0, 0.1) is 11.3 Å². The van der Waals surface area contributed by atoms with Gasteiger partial charge < -0.3 is 20.9 Å². The largest absolute Gasteiger partial charge is 0.507 e. The molecule has 2 heterocycles. The van der Waals surface area contributed by atoms with Gasteiger partial charge in [-0.1, -0.05) is 38.7 Å². The number of nitrogen functional groups attached to an aromatic ring is 1. The summed E-state index contributed by atoms with van der Waals surface area (Å²) >= 11 is 0. The zero-order valence-electron chi connectivity index (χ0n) is 17.8. The first-order valence-corrected chi connectivity index (χ1v) is 11.0. The number of anilines is 1. The van der Waals surface area contributed by atoms with Crippen molar-refractivity contribution in [3.05, 3.63) is 35.4 Å². The maximum absolute atomic E-state index is 10.6. The molecular formula is C24H32N4O2. The van der Waals surface area contributed by atoms with Gasteiger partial charge >= 0.3 is 0 Å². The molecule has 1 aliphatic rings. The molecule has 3 rings (SSSR count). The molecule has 0 bridgehead atoms. The fourth-order valence-corrected chi connectivity index (χ4v) is 4.06. The number of unbranched alkanes of at least 4 members (excludes halogenated alkanes) is 4. The first kappa shape index (κ1) is 21.9. The van der Waals surface area contributed by atoms with E-state index in [9.17, 15) is 10.4 Å². The number of phenolic OH excluding ortho intramolecular Hbond substituents is 1. The molecule has 30 heavy (non-hydrogen) atoms. The monoisotopic (exact) mass is 408 g/mol. The van der Waals surface area contributed by atoms with Crippen LogP contribution in [0.5, 0.6) is 11.5 Å². The van der Waals surface area contributed by atoms with Crippen molar-refractivity contribution in [2.45, 2.75) is 57.8 Å². The van der Waals surface area contributed by atoms with E-state index in [0.717, 1.165) is 44.3 Å². The van der Waals surface area contributed by atoms with Crippen LogP contribution in [0.2, 0.25) is 0 Å². The molecular weight excluding hydrogens is 376 g/mol. The van der Waals surface area contributed by atoms with Gasteiger partial charge in [0, 0.05) is 6.54 Å². The first-order chi connectivity index (χ1) is 14.7. The Morgan fingerprint density at radius 2 is 2.13 bits per heavy atom. The van der Waals surface area contributed by atoms with Crippen molar-refractivity contribution < 1.29 is 9.84 Å². The van der Waals surface area contributed by atoms with Gasteiger partial charge in [0.2, 0.25) is 0 Å². The molecule has 1 saturated heterocycles. The molecule has 1 unspecified atom stereocenters. The minimum Gasteiger partial charge on any atom is -0.507 e. The van der Waals surface area contributed by atoms with Gasteiger partial charge in [0.15, 0.2) is 0 Å². The maximum atomic E-state index is 10.6. The number of nitrogens with two attached hydrogens (primary N) is 1. The number of piperidine rings is 1. The molecule has 1 aliphatic heterocycles. The fourth-order valence-electron chi connectivity index (χ4n) is 4.06. The highest BCUT2D eigenvalue weighted by molar-refractivity contribution is 5.76. The summed E-state index contributed by atoms with van der Waals surface area (Å²) in [6.07, 6.45) is 7.80. The zero-order chi connectivity index (χ0) is 21.3. The van der Waals surface area contributed by atoms with Gasteiger partial charge in [0.1, 0.15) is 23.4 Å². The third-order valence-electron chi connectivity index (χ3n) is 5.69. The van der Waals surface area contributed by atoms with Crippen molar-refractivity contribution >= 4 is 5.82 Å². The Kier molecular flexibility index (Phi) is 7.92. The molecule has 0 amide bonds. The molecule has 0 aliphatic carbocycles. The normalized spacial score (nSPS) is 16.2. The number of rotatable bonds is 9. The minimum absolute atomic E-state index is 0.0998. The standard InChI is InChI=1S/C24H32N4O2/c1-2-3-4-5-6-13-30-22-11-7-10-21(29)23(22)20-14-18(17-9-8-12-27-16-17)19(15-25)24(26)28-20/h7,10-11,14,17,27,29H,2-6,8-9,12-13,16H2,1H3,(H2,26,28). The van der Waals surface area contributed by atoms with Crippen LogP contribution < -0.4 is 15.8 Å². The lowest BCUT2D eigenvalue weighted by molar-refractivity contribution is 0.304. The number of ether oxygens (including phenoxy) is 1. The molecule has 2 aromatic rings. The highest BCUT2D eigenvalue weighted by Gasteiger charge is 2.23. The molecule has 0 spiro atoms. The summed E-state index contributed by atoms with van der Waals surface area (Å²) in [6, 6.07) is 9.36. The van der Waals surface area contributed by atoms with Gasteiger partial charge in [-0.3, -0.25) is 0 Å². The van der Waals surface area contributed by atoms with E-state index in [1.165, 1.54) is 19.3 Å². The average Bonchev–Trinajstić information content (AvgIpc) is 2.76. The first-order valence-electron chi connectivity index (χ1n) is 11.0. The number of aromatic hydroxyl groups is 1. The van der Waals surface area contributed by atoms with Crippen LogP contribution in [0.1, 0.15) is 68.9 Å². The Labute approximate surface area is 179 Å². The van der Waals surface area contributed by atoms with Gasteiger partial charge in [0.05, 0.1) is 23.4 Å². The van der Waals surface area contributed by atoms with E-state index >= 15 is 0 Å². The van der Waals surface area contributed by atoms with E-state index in [4.69, 9.17) is 10.5 Å². The molecule has 1 atom stereocenters. The number of pyridine rings is 1. The van der Waals surface area contributed by atoms with E-state index in [1.54, 1.807) is 12.1 Å². The number of aromatic nitrogens is 1. The predicted octanol–water partition coefficient (Wildman–Crippen LogP) is 4.72. The Morgan fingerprint density at radius 1 is 1.30 bits per heavy atom. The van der Waals surface area contributed by atoms with E-state index in [0.29, 0.717) is 29.2 Å². The van der Waals surface area contributed by atoms with Gasteiger partial charge in [-0.25, -0.2) is 4.98 Å². The smallest absolute Gasteiger partial charge is 0.142 e. The summed E-state index contributed by atoms with van der Waals surface area (Å²) in [4.78, 5) is 4.45. The number of hydrogen-bond acceptors (Lipinski definition) is 6. The van der Waals surface area contributed by atoms with Gasteiger partial charge in [-0.15, -0.1) is 0 Å². The molecule has 1 aromatic heterocycles. The Hall–Kier alpha value is -2.78. The van der Waals surface area contributed by atoms with Crippen molar-refractivity contribution in [1.29, 1.82) is 5.26 Å². The van der Waals surface area contributed by atoms with Crippen LogP contribution in [-0.2, 0) is 0 Å². The number of nitrogens with one attached hydrogen (secondary N) is 1. The third kappa shape index (κ3) is 5.22. The summed E-state index contributed by atoms with van der Waals surface area (Å²) in [5, 5.41) is 23.6. The van der Waals surface area contributed by atoms with E-state index in [2.05, 4.69) is 23.3 Å². The molecule has 0 saturated carbocycles. The second-order valence-corrected chi connectivity index (χ2v) is 7.92. The Morgan fingerprint density at radius 3 is 2.87 bits per heavy atom. The van der Waals surface area contributed by atoms with Crippen molar-refractivity contribution in [3.63, 3.8) is 0 Å². The summed E-state index contributed by atoms with van der Waals surface area (Å²) in [5.74, 6) is 1.09. The quantitative estimate of drug-likeness (QED) is 0.518. The molecule has 6 nitrogen and oxygen atoms in total. The van der Waals surface area contributed by atoms with Gasteiger partial charge in [-0.05, 0) is 55.5 Å². The number of benzene rings is 1. The zero-order valence-corrected chi connectivity index (χ0v) is 17.8. The molecule has 1 fully saturated rings. The van der Waals surface area contributed by atoms with Crippen LogP contribution in [0.15, 0.2) is 24.3 Å². The van der Waals surface area contributed by atoms with Crippen LogP contribution in [-0.4, -0.2) is 29.8 Å². The third-order valence-corrected chi connectivity index (χ3v) is 5.69. The van der Waals surface area contributed by atoms with Crippen molar-refractivity contribution in [2.24, 2.45) is 0 Å². The molecule has 160 valence electrons. The van der Waals surface area contributed by atoms with E-state index in [1.807, 2.05) is 12.1 Å². The SMILES string of the molecule is CCCCCCCOc1cccc(O)c1-c1cc(C2CCCNC2)c(C#N)c(N)n1. The Balaban J connectivity index is 1.89. The van der Waals surface area contributed by atoms with Crippen molar-refractivity contribution in [2.75, 3.05) is 25.4 Å². The minimum atomic E-state index is 0.0998. The van der Waals surface area contributed by atoms with E-state index in [-0.39, 0.29) is 17.5 Å². The van der Waals surface area contributed by atoms with Crippen LogP contribution >= 0.6 is 0 Å². The van der Waals surface area contributed by atoms with Crippen molar-refractivity contribution in [1.82, 2.24) is 10.3 Å². The van der Waals surface area contributed by atoms with Crippen molar-refractivity contribution in [3.8, 4) is 28.8 Å². The average molecular weight is 409 g/mol. The molecule has 4 N–H and O–H groups in total. The van der Waals surface area contributed by atoms with Gasteiger partial charge in [-0.2, -0.15) is 5.26 Å². The summed E-state index contributed by atoms with van der Waals surface area (Å²) in [6.45, 7) is 4.58. The lowest BCUT2D eigenvalue weighted by Crippen LogP contribution is -2.29. The molecule has 0 radical (unpaired) electrons. The topological polar surface area (TPSA) is 104 Å². The molecule has 6 heteroatoms. The van der Waals surface area contributed by atoms with Crippen LogP contribution in [0.4, 0.5) is 5.82 Å². The number of nitriles is 1. The summed E-state index contributed by atoms with van der Waals surface area (Å²) in [7, 11) is 0. The van der Waals surface area contributed by atoms with Crippen LogP contribution in [0.25, 0.3) is 11.3 Å². The lowest BCUT2D eigenvalue weighted by Gasteiger charge is -2.25. The van der Waals surface area contributed by atoms with Crippen LogP contribution in [0.3, 0.4) is 0 Å². The second kappa shape index (κ2) is 10.8.